The van der Waals surface area contributed by atoms with Crippen molar-refractivity contribution in [3.05, 3.63) is 0 Å². The topological polar surface area (TPSA) is 79.2 Å². The van der Waals surface area contributed by atoms with Crippen LogP contribution in [0.4, 0.5) is 0 Å². The minimum atomic E-state index is -0.219. The molecule has 0 aliphatic heterocycles. The van der Waals surface area contributed by atoms with Gasteiger partial charge in [-0.05, 0) is 18.8 Å². The first-order valence-electron chi connectivity index (χ1n) is 5.12. The molecule has 0 aromatic rings. The van der Waals surface area contributed by atoms with Gasteiger partial charge in [-0.1, -0.05) is 6.92 Å². The molecular formula is C10H24O5. The molecule has 0 fully saturated rings. The van der Waals surface area contributed by atoms with E-state index in [-0.39, 0.29) is 20.0 Å². The van der Waals surface area contributed by atoms with Crippen LogP contribution in [0.15, 0.2) is 0 Å². The summed E-state index contributed by atoms with van der Waals surface area (Å²) in [7, 11) is 1.58. The van der Waals surface area contributed by atoms with E-state index in [9.17, 15) is 0 Å². The predicted octanol–water partition coefficient (Wildman–Crippen LogP) is -0.0135. The molecule has 0 aromatic carbocycles. The van der Waals surface area contributed by atoms with Gasteiger partial charge in [0, 0.05) is 20.3 Å². The minimum Gasteiger partial charge on any atom is -0.396 e. The summed E-state index contributed by atoms with van der Waals surface area (Å²) in [6.07, 6.45) is 1.61. The standard InChI is InChI=1S/C6H14O2.C4H10O3/c1-6(2-4-7)3-5-8;1-6-2-3-7-4-5/h6-8H,2-5H2,1H3;5H,2-4H2,1H3. The second-order valence-corrected chi connectivity index (χ2v) is 3.16. The Balaban J connectivity index is 0. The largest absolute Gasteiger partial charge is 0.396 e. The first-order valence-corrected chi connectivity index (χ1v) is 5.12. The van der Waals surface area contributed by atoms with E-state index in [0.717, 1.165) is 12.8 Å². The highest BCUT2D eigenvalue weighted by molar-refractivity contribution is 4.49. The highest BCUT2D eigenvalue weighted by Gasteiger charge is 1.97. The Kier molecular flexibility index (Phi) is 18.6. The van der Waals surface area contributed by atoms with Crippen LogP contribution in [0.3, 0.4) is 0 Å². The van der Waals surface area contributed by atoms with Crippen LogP contribution in [0.2, 0.25) is 0 Å². The molecule has 0 rings (SSSR count). The summed E-state index contributed by atoms with van der Waals surface area (Å²) in [4.78, 5) is 0. The zero-order valence-corrected chi connectivity index (χ0v) is 9.69. The molecule has 0 atom stereocenters. The van der Waals surface area contributed by atoms with Gasteiger partial charge in [0.05, 0.1) is 13.2 Å². The van der Waals surface area contributed by atoms with E-state index < -0.39 is 0 Å². The minimum absolute atomic E-state index is 0.219. The zero-order valence-electron chi connectivity index (χ0n) is 9.69. The Morgan fingerprint density at radius 2 is 1.53 bits per heavy atom. The van der Waals surface area contributed by atoms with Crippen LogP contribution < -0.4 is 0 Å². The molecule has 0 saturated carbocycles. The van der Waals surface area contributed by atoms with Crippen LogP contribution in [0.1, 0.15) is 19.8 Å². The van der Waals surface area contributed by atoms with Crippen molar-refractivity contribution in [2.45, 2.75) is 19.8 Å². The Hall–Kier alpha value is -0.200. The first kappa shape index (κ1) is 17.2. The molecule has 0 amide bonds. The van der Waals surface area contributed by atoms with Gasteiger partial charge in [0.1, 0.15) is 6.79 Å². The van der Waals surface area contributed by atoms with Gasteiger partial charge in [-0.2, -0.15) is 0 Å². The van der Waals surface area contributed by atoms with Gasteiger partial charge in [0.15, 0.2) is 0 Å². The summed E-state index contributed by atoms with van der Waals surface area (Å²) >= 11 is 0. The summed E-state index contributed by atoms with van der Waals surface area (Å²) in [6, 6.07) is 0. The fourth-order valence-electron chi connectivity index (χ4n) is 0.792. The van der Waals surface area contributed by atoms with Crippen molar-refractivity contribution in [1.29, 1.82) is 0 Å². The molecule has 5 nitrogen and oxygen atoms in total. The lowest BCUT2D eigenvalue weighted by molar-refractivity contribution is -0.0221. The van der Waals surface area contributed by atoms with Crippen molar-refractivity contribution >= 4 is 0 Å². The number of aliphatic hydroxyl groups is 3. The lowest BCUT2D eigenvalue weighted by atomic mass is 10.1. The Morgan fingerprint density at radius 3 is 1.87 bits per heavy atom. The first-order chi connectivity index (χ1) is 7.22. The van der Waals surface area contributed by atoms with E-state index in [1.165, 1.54) is 0 Å². The molecule has 94 valence electrons. The molecule has 0 saturated heterocycles. The fraction of sp³-hybridized carbons (Fsp3) is 1.00. The molecule has 0 radical (unpaired) electrons. The van der Waals surface area contributed by atoms with Gasteiger partial charge in [-0.3, -0.25) is 0 Å². The van der Waals surface area contributed by atoms with Crippen molar-refractivity contribution in [3.8, 4) is 0 Å². The molecule has 0 spiro atoms. The number of hydrogen-bond acceptors (Lipinski definition) is 5. The highest BCUT2D eigenvalue weighted by Crippen LogP contribution is 2.03. The van der Waals surface area contributed by atoms with E-state index in [1.54, 1.807) is 7.11 Å². The summed E-state index contributed by atoms with van der Waals surface area (Å²) in [5.74, 6) is 0.463. The molecule has 5 heteroatoms. The summed E-state index contributed by atoms with van der Waals surface area (Å²) in [5.41, 5.74) is 0. The van der Waals surface area contributed by atoms with Crippen LogP contribution in [-0.4, -0.2) is 55.6 Å². The molecule has 0 aliphatic rings. The fourth-order valence-corrected chi connectivity index (χ4v) is 0.792. The third kappa shape index (κ3) is 20.0. The maximum absolute atomic E-state index is 8.38. The predicted molar refractivity (Wildman–Crippen MR) is 57.5 cm³/mol. The van der Waals surface area contributed by atoms with Gasteiger partial charge >= 0.3 is 0 Å². The second-order valence-electron chi connectivity index (χ2n) is 3.16. The highest BCUT2D eigenvalue weighted by atomic mass is 16.6. The Morgan fingerprint density at radius 1 is 1.00 bits per heavy atom. The van der Waals surface area contributed by atoms with Crippen LogP contribution in [-0.2, 0) is 9.47 Å². The summed E-state index contributed by atoms with van der Waals surface area (Å²) in [6.45, 7) is 3.28. The third-order valence-electron chi connectivity index (χ3n) is 1.77. The molecular weight excluding hydrogens is 200 g/mol. The van der Waals surface area contributed by atoms with Crippen molar-refractivity contribution in [3.63, 3.8) is 0 Å². The normalized spacial score (nSPS) is 10.0. The van der Waals surface area contributed by atoms with Gasteiger partial charge < -0.3 is 24.8 Å². The number of rotatable bonds is 8. The zero-order chi connectivity index (χ0) is 11.9. The van der Waals surface area contributed by atoms with Gasteiger partial charge in [-0.25, -0.2) is 0 Å². The number of hydrogen-bond donors (Lipinski definition) is 3. The van der Waals surface area contributed by atoms with E-state index in [0.29, 0.717) is 19.1 Å². The maximum atomic E-state index is 8.38. The van der Waals surface area contributed by atoms with Gasteiger partial charge in [0.2, 0.25) is 0 Å². The monoisotopic (exact) mass is 224 g/mol. The van der Waals surface area contributed by atoms with E-state index in [4.69, 9.17) is 15.3 Å². The van der Waals surface area contributed by atoms with Gasteiger partial charge in [-0.15, -0.1) is 0 Å². The summed E-state index contributed by atoms with van der Waals surface area (Å²) in [5, 5.41) is 24.8. The SMILES string of the molecule is CC(CCO)CCO.COCCOCO. The molecule has 15 heavy (non-hydrogen) atoms. The van der Waals surface area contributed by atoms with Crippen molar-refractivity contribution in [1.82, 2.24) is 0 Å². The number of ether oxygens (including phenoxy) is 2. The molecule has 0 aromatic heterocycles. The summed E-state index contributed by atoms with van der Waals surface area (Å²) < 4.78 is 9.11. The lowest BCUT2D eigenvalue weighted by Gasteiger charge is -2.04. The maximum Gasteiger partial charge on any atom is 0.143 e. The molecule has 0 heterocycles. The van der Waals surface area contributed by atoms with Crippen molar-refractivity contribution in [2.75, 3.05) is 40.3 Å². The molecule has 0 bridgehead atoms. The lowest BCUT2D eigenvalue weighted by Crippen LogP contribution is -2.01. The van der Waals surface area contributed by atoms with E-state index in [2.05, 4.69) is 9.47 Å². The van der Waals surface area contributed by atoms with Crippen LogP contribution in [0.25, 0.3) is 0 Å². The smallest absolute Gasteiger partial charge is 0.143 e. The Labute approximate surface area is 91.6 Å². The number of aliphatic hydroxyl groups excluding tert-OH is 3. The van der Waals surface area contributed by atoms with Crippen LogP contribution in [0, 0.1) is 5.92 Å². The van der Waals surface area contributed by atoms with E-state index >= 15 is 0 Å². The average molecular weight is 224 g/mol. The van der Waals surface area contributed by atoms with Gasteiger partial charge in [0.25, 0.3) is 0 Å². The van der Waals surface area contributed by atoms with Crippen molar-refractivity contribution < 1.29 is 24.8 Å². The molecule has 0 aliphatic carbocycles. The van der Waals surface area contributed by atoms with Crippen molar-refractivity contribution in [2.24, 2.45) is 5.92 Å². The third-order valence-corrected chi connectivity index (χ3v) is 1.77. The molecule has 0 unspecified atom stereocenters. The average Bonchev–Trinajstić information content (AvgIpc) is 2.20. The van der Waals surface area contributed by atoms with E-state index in [1.807, 2.05) is 6.92 Å². The van der Waals surface area contributed by atoms with Crippen LogP contribution >= 0.6 is 0 Å². The Bertz CT molecular complexity index is 89.8. The quantitative estimate of drug-likeness (QED) is 0.399. The van der Waals surface area contributed by atoms with Crippen LogP contribution in [0.5, 0.6) is 0 Å². The number of methoxy groups -OCH3 is 1. The second kappa shape index (κ2) is 16.2. The molecule has 3 N–H and O–H groups in total.